The Morgan fingerprint density at radius 2 is 1.82 bits per heavy atom. The molecule has 0 fully saturated rings. The van der Waals surface area contributed by atoms with E-state index in [1.54, 1.807) is 0 Å². The zero-order chi connectivity index (χ0) is 12.1. The van der Waals surface area contributed by atoms with Gasteiger partial charge in [0, 0.05) is 25.4 Å². The molecule has 0 aliphatic carbocycles. The normalized spacial score (nSPS) is 15.1. The van der Waals surface area contributed by atoms with Gasteiger partial charge in [-0.1, -0.05) is 18.9 Å². The number of rotatable bonds is 6. The van der Waals surface area contributed by atoms with Gasteiger partial charge in [0.2, 0.25) is 0 Å². The van der Waals surface area contributed by atoms with Crippen molar-refractivity contribution in [1.82, 2.24) is 4.90 Å². The zero-order valence-electron chi connectivity index (χ0n) is 10.4. The molecule has 0 bridgehead atoms. The molecule has 1 aromatic carbocycles. The Kier molecular flexibility index (Phi) is 4.40. The van der Waals surface area contributed by atoms with E-state index in [0.717, 1.165) is 38.2 Å². The number of nitrogens with zero attached hydrogens (tertiary/aromatic N) is 1. The third kappa shape index (κ3) is 3.45. The van der Waals surface area contributed by atoms with Gasteiger partial charge in [0.05, 0.1) is 0 Å². The van der Waals surface area contributed by atoms with E-state index in [4.69, 9.17) is 10.8 Å². The molecule has 3 heteroatoms. The van der Waals surface area contributed by atoms with Crippen LogP contribution in [0.3, 0.4) is 0 Å². The molecular weight excluding hydrogens is 212 g/mol. The fourth-order valence-corrected chi connectivity index (χ4v) is 2.44. The average Bonchev–Trinajstić information content (AvgIpc) is 2.70. The Morgan fingerprint density at radius 1 is 1.06 bits per heavy atom. The summed E-state index contributed by atoms with van der Waals surface area (Å²) in [4.78, 5) is 2.48. The van der Waals surface area contributed by atoms with Gasteiger partial charge in [-0.3, -0.25) is 4.90 Å². The number of nitrogens with two attached hydrogens (primary N) is 1. The van der Waals surface area contributed by atoms with Crippen LogP contribution in [0.1, 0.15) is 36.8 Å². The molecule has 0 unspecified atom stereocenters. The Hall–Kier alpha value is -1.06. The molecular formula is C14H22N2O. The van der Waals surface area contributed by atoms with Gasteiger partial charge in [-0.2, -0.15) is 0 Å². The summed E-state index contributed by atoms with van der Waals surface area (Å²) in [5, 5.41) is 8.70. The lowest BCUT2D eigenvalue weighted by Crippen LogP contribution is -2.17. The van der Waals surface area contributed by atoms with Gasteiger partial charge in [-0.15, -0.1) is 0 Å². The SMILES string of the molecule is Nc1ccc2c(c1)CN(CCCCCCO)C2. The molecule has 0 saturated carbocycles. The van der Waals surface area contributed by atoms with E-state index in [-0.39, 0.29) is 0 Å². The number of nitrogen functional groups attached to an aromatic ring is 1. The predicted molar refractivity (Wildman–Crippen MR) is 70.5 cm³/mol. The van der Waals surface area contributed by atoms with Crippen LogP contribution in [0.5, 0.6) is 0 Å². The lowest BCUT2D eigenvalue weighted by Gasteiger charge is -2.14. The van der Waals surface area contributed by atoms with Crippen LogP contribution in [0.25, 0.3) is 0 Å². The van der Waals surface area contributed by atoms with Gasteiger partial charge < -0.3 is 10.8 Å². The van der Waals surface area contributed by atoms with Crippen molar-refractivity contribution in [1.29, 1.82) is 0 Å². The van der Waals surface area contributed by atoms with Crippen molar-refractivity contribution in [3.63, 3.8) is 0 Å². The maximum absolute atomic E-state index is 8.70. The van der Waals surface area contributed by atoms with Gasteiger partial charge >= 0.3 is 0 Å². The largest absolute Gasteiger partial charge is 0.399 e. The van der Waals surface area contributed by atoms with E-state index < -0.39 is 0 Å². The highest BCUT2D eigenvalue weighted by molar-refractivity contribution is 5.46. The zero-order valence-corrected chi connectivity index (χ0v) is 10.4. The van der Waals surface area contributed by atoms with E-state index in [2.05, 4.69) is 17.0 Å². The molecule has 0 saturated heterocycles. The van der Waals surface area contributed by atoms with Crippen LogP contribution in [0, 0.1) is 0 Å². The smallest absolute Gasteiger partial charge is 0.0431 e. The Balaban J connectivity index is 1.73. The van der Waals surface area contributed by atoms with Crippen LogP contribution < -0.4 is 5.73 Å². The summed E-state index contributed by atoms with van der Waals surface area (Å²) in [5.41, 5.74) is 9.47. The topological polar surface area (TPSA) is 49.5 Å². The van der Waals surface area contributed by atoms with Crippen LogP contribution in [-0.2, 0) is 13.1 Å². The second-order valence-corrected chi connectivity index (χ2v) is 4.88. The summed E-state index contributed by atoms with van der Waals surface area (Å²) < 4.78 is 0. The van der Waals surface area contributed by atoms with Gasteiger partial charge in [0.1, 0.15) is 0 Å². The Morgan fingerprint density at radius 3 is 2.65 bits per heavy atom. The third-order valence-electron chi connectivity index (χ3n) is 3.40. The number of unbranched alkanes of at least 4 members (excludes halogenated alkanes) is 3. The number of aliphatic hydroxyl groups excluding tert-OH is 1. The van der Waals surface area contributed by atoms with Crippen LogP contribution in [0.2, 0.25) is 0 Å². The highest BCUT2D eigenvalue weighted by Crippen LogP contribution is 2.24. The van der Waals surface area contributed by atoms with Gasteiger partial charge in [-0.25, -0.2) is 0 Å². The summed E-state index contributed by atoms with van der Waals surface area (Å²) in [7, 11) is 0. The molecule has 0 atom stereocenters. The first kappa shape index (κ1) is 12.4. The molecule has 2 rings (SSSR count). The highest BCUT2D eigenvalue weighted by Gasteiger charge is 2.17. The lowest BCUT2D eigenvalue weighted by molar-refractivity contribution is 0.265. The number of anilines is 1. The van der Waals surface area contributed by atoms with E-state index >= 15 is 0 Å². The summed E-state index contributed by atoms with van der Waals surface area (Å²) >= 11 is 0. The van der Waals surface area contributed by atoms with Crippen molar-refractivity contribution in [3.05, 3.63) is 29.3 Å². The molecule has 3 N–H and O–H groups in total. The second kappa shape index (κ2) is 6.03. The molecule has 1 heterocycles. The molecule has 94 valence electrons. The van der Waals surface area contributed by atoms with Crippen molar-refractivity contribution in [2.24, 2.45) is 0 Å². The fraction of sp³-hybridized carbons (Fsp3) is 0.571. The van der Waals surface area contributed by atoms with Gasteiger partial charge in [0.25, 0.3) is 0 Å². The molecule has 0 spiro atoms. The van der Waals surface area contributed by atoms with Gasteiger partial charge in [0.15, 0.2) is 0 Å². The molecule has 1 aliphatic rings. The average molecular weight is 234 g/mol. The van der Waals surface area contributed by atoms with E-state index in [1.807, 2.05) is 6.07 Å². The van der Waals surface area contributed by atoms with E-state index in [0.29, 0.717) is 6.61 Å². The number of fused-ring (bicyclic) bond motifs is 1. The fourth-order valence-electron chi connectivity index (χ4n) is 2.44. The molecule has 0 aromatic heterocycles. The maximum Gasteiger partial charge on any atom is 0.0431 e. The summed E-state index contributed by atoms with van der Waals surface area (Å²) in [5.74, 6) is 0. The number of benzene rings is 1. The molecule has 1 aliphatic heterocycles. The first-order chi connectivity index (χ1) is 8.29. The third-order valence-corrected chi connectivity index (χ3v) is 3.40. The lowest BCUT2D eigenvalue weighted by atomic mass is 10.1. The monoisotopic (exact) mass is 234 g/mol. The van der Waals surface area contributed by atoms with Crippen molar-refractivity contribution in [2.75, 3.05) is 18.9 Å². The second-order valence-electron chi connectivity index (χ2n) is 4.88. The molecule has 17 heavy (non-hydrogen) atoms. The number of hydrogen-bond acceptors (Lipinski definition) is 3. The maximum atomic E-state index is 8.70. The number of hydrogen-bond donors (Lipinski definition) is 2. The van der Waals surface area contributed by atoms with Crippen LogP contribution in [0.4, 0.5) is 5.69 Å². The quantitative estimate of drug-likeness (QED) is 0.585. The molecule has 3 nitrogen and oxygen atoms in total. The predicted octanol–water partition coefficient (Wildman–Crippen LogP) is 2.14. The Labute approximate surface area is 103 Å². The van der Waals surface area contributed by atoms with Crippen molar-refractivity contribution >= 4 is 5.69 Å². The van der Waals surface area contributed by atoms with Crippen LogP contribution in [-0.4, -0.2) is 23.2 Å². The van der Waals surface area contributed by atoms with Crippen molar-refractivity contribution < 1.29 is 5.11 Å². The standard InChI is InChI=1S/C14H22N2O/c15-14-6-5-12-10-16(11-13(12)9-14)7-3-1-2-4-8-17/h5-6,9,17H,1-4,7-8,10-11,15H2. The molecule has 1 aromatic rings. The van der Waals surface area contributed by atoms with Crippen LogP contribution in [0.15, 0.2) is 18.2 Å². The van der Waals surface area contributed by atoms with Gasteiger partial charge in [-0.05, 0) is 42.6 Å². The van der Waals surface area contributed by atoms with Crippen molar-refractivity contribution in [3.8, 4) is 0 Å². The first-order valence-corrected chi connectivity index (χ1v) is 6.50. The number of aliphatic hydroxyl groups is 1. The van der Waals surface area contributed by atoms with E-state index in [9.17, 15) is 0 Å². The van der Waals surface area contributed by atoms with Crippen LogP contribution >= 0.6 is 0 Å². The molecule has 0 radical (unpaired) electrons. The van der Waals surface area contributed by atoms with E-state index in [1.165, 1.54) is 24.0 Å². The summed E-state index contributed by atoms with van der Waals surface area (Å²) in [6.45, 7) is 3.59. The minimum atomic E-state index is 0.328. The Bertz CT molecular complexity index is 365. The van der Waals surface area contributed by atoms with Crippen molar-refractivity contribution in [2.45, 2.75) is 38.8 Å². The molecule has 0 amide bonds. The summed E-state index contributed by atoms with van der Waals surface area (Å²) in [6, 6.07) is 6.24. The highest BCUT2D eigenvalue weighted by atomic mass is 16.2. The minimum Gasteiger partial charge on any atom is -0.399 e. The minimum absolute atomic E-state index is 0.328. The summed E-state index contributed by atoms with van der Waals surface area (Å²) in [6.07, 6.45) is 4.53. The first-order valence-electron chi connectivity index (χ1n) is 6.50.